The van der Waals surface area contributed by atoms with Crippen LogP contribution in [0.4, 0.5) is 9.59 Å². The lowest BCUT2D eigenvalue weighted by atomic mass is 9.42. The van der Waals surface area contributed by atoms with E-state index in [1.807, 2.05) is 38.1 Å². The number of carbonyl (C=O) groups is 7. The van der Waals surface area contributed by atoms with Crippen molar-refractivity contribution in [3.63, 3.8) is 0 Å². The molecular formula is C67H81N5O17. The van der Waals surface area contributed by atoms with E-state index in [-0.39, 0.29) is 71.6 Å². The highest BCUT2D eigenvalue weighted by molar-refractivity contribution is 6.40. The van der Waals surface area contributed by atoms with E-state index in [4.69, 9.17) is 39.2 Å². The molecule has 13 atom stereocenters. The molecule has 2 heterocycles. The van der Waals surface area contributed by atoms with Crippen LogP contribution in [0.15, 0.2) is 97.1 Å². The molecule has 4 aromatic carbocycles. The molecule has 3 saturated carbocycles. The van der Waals surface area contributed by atoms with Gasteiger partial charge in [-0.3, -0.25) is 19.3 Å². The molecule has 2 aliphatic heterocycles. The summed E-state index contributed by atoms with van der Waals surface area (Å²) in [5.41, 5.74) is -5.35. The van der Waals surface area contributed by atoms with Crippen LogP contribution in [0.1, 0.15) is 138 Å². The summed E-state index contributed by atoms with van der Waals surface area (Å²) < 4.78 is 36.6. The van der Waals surface area contributed by atoms with E-state index in [9.17, 15) is 39.6 Å². The molecular weight excluding hydrogens is 1150 g/mol. The number of carbonyl (C=O) groups excluding carboxylic acids is 7. The summed E-state index contributed by atoms with van der Waals surface area (Å²) in [5, 5.41) is 67.7. The van der Waals surface area contributed by atoms with E-state index in [0.717, 1.165) is 12.5 Å². The van der Waals surface area contributed by atoms with Crippen molar-refractivity contribution in [2.75, 3.05) is 32.8 Å². The first kappa shape index (κ1) is 65.4. The Morgan fingerprint density at radius 3 is 2.01 bits per heavy atom. The number of nitrogens with one attached hydrogen (secondary N) is 3. The van der Waals surface area contributed by atoms with Crippen LogP contribution < -0.4 is 5.32 Å². The quantitative estimate of drug-likeness (QED) is 0.0230. The second kappa shape index (κ2) is 25.4. The summed E-state index contributed by atoms with van der Waals surface area (Å²) in [7, 11) is 0. The molecule has 0 radical (unpaired) electrons. The summed E-state index contributed by atoms with van der Waals surface area (Å²) in [4.78, 5) is 106. The molecule has 2 saturated heterocycles. The van der Waals surface area contributed by atoms with Gasteiger partial charge >= 0.3 is 30.1 Å². The Kier molecular flexibility index (Phi) is 18.7. The van der Waals surface area contributed by atoms with Gasteiger partial charge in [0.05, 0.1) is 47.3 Å². The van der Waals surface area contributed by atoms with Gasteiger partial charge in [-0.25, -0.2) is 19.2 Å². The Morgan fingerprint density at radius 2 is 1.44 bits per heavy atom. The smallest absolute Gasteiger partial charge is 0.410 e. The lowest BCUT2D eigenvalue weighted by Gasteiger charge is -2.67. The summed E-state index contributed by atoms with van der Waals surface area (Å²) in [6, 6.07) is 24.7. The Balaban J connectivity index is 1.01. The van der Waals surface area contributed by atoms with Crippen LogP contribution in [0.3, 0.4) is 0 Å². The molecule has 22 nitrogen and oxygen atoms in total. The zero-order valence-corrected chi connectivity index (χ0v) is 51.8. The third-order valence-electron chi connectivity index (χ3n) is 19.2. The van der Waals surface area contributed by atoms with Crippen LogP contribution in [0.25, 0.3) is 0 Å². The van der Waals surface area contributed by atoms with Crippen molar-refractivity contribution in [3.05, 3.63) is 130 Å². The Morgan fingerprint density at radius 1 is 0.809 bits per heavy atom. The molecule has 3 aliphatic carbocycles. The molecule has 0 spiro atoms. The molecule has 89 heavy (non-hydrogen) atoms. The predicted molar refractivity (Wildman–Crippen MR) is 322 cm³/mol. The number of rotatable bonds is 17. The van der Waals surface area contributed by atoms with E-state index in [0.29, 0.717) is 30.8 Å². The maximum Gasteiger partial charge on any atom is 0.410 e. The number of hydrogen-bond donors (Lipinski definition) is 7. The Bertz CT molecular complexity index is 3390. The topological polar surface area (TPSA) is 322 Å². The summed E-state index contributed by atoms with van der Waals surface area (Å²) in [6.45, 7) is 16.7. The number of aliphatic hydroxyl groups is 2. The molecule has 0 aromatic heterocycles. The second-order valence-electron chi connectivity index (χ2n) is 25.8. The number of aliphatic hydroxyl groups excluding tert-OH is 1. The predicted octanol–water partition coefficient (Wildman–Crippen LogP) is 7.70. The highest BCUT2D eigenvalue weighted by Gasteiger charge is 2.79. The van der Waals surface area contributed by atoms with E-state index >= 15 is 14.4 Å². The van der Waals surface area contributed by atoms with E-state index < -0.39 is 136 Å². The fraction of sp³-hybridized carbons (Fsp3) is 0.507. The Labute approximate surface area is 517 Å². The van der Waals surface area contributed by atoms with Gasteiger partial charge in [0.2, 0.25) is 17.7 Å². The van der Waals surface area contributed by atoms with Gasteiger partial charge in [0.25, 0.3) is 0 Å². The fourth-order valence-corrected chi connectivity index (χ4v) is 14.3. The number of amides is 2. The van der Waals surface area contributed by atoms with E-state index in [1.54, 1.807) is 82.3 Å². The average molecular weight is 1230 g/mol. The molecule has 4 aromatic rings. The number of ketones is 2. The lowest BCUT2D eigenvalue weighted by Crippen LogP contribution is -2.82. The van der Waals surface area contributed by atoms with Crippen molar-refractivity contribution >= 4 is 53.1 Å². The van der Waals surface area contributed by atoms with Gasteiger partial charge in [0, 0.05) is 87.1 Å². The number of fused-ring (bicyclic) bond motifs is 5. The first-order chi connectivity index (χ1) is 41.9. The number of phenols is 2. The van der Waals surface area contributed by atoms with Crippen molar-refractivity contribution in [2.24, 2.45) is 28.6 Å². The van der Waals surface area contributed by atoms with E-state index in [2.05, 4.69) is 10.2 Å². The van der Waals surface area contributed by atoms with Crippen molar-refractivity contribution in [1.82, 2.24) is 15.1 Å². The molecule has 9 rings (SSSR count). The largest absolute Gasteiger partial charge is 0.508 e. The number of hydrogen-bond acceptors (Lipinski definition) is 20. The highest BCUT2D eigenvalue weighted by Crippen LogP contribution is 2.64. The van der Waals surface area contributed by atoms with Gasteiger partial charge in [-0.15, -0.1) is 0 Å². The van der Waals surface area contributed by atoms with Gasteiger partial charge < -0.3 is 69.9 Å². The van der Waals surface area contributed by atoms with Crippen LogP contribution >= 0.6 is 0 Å². The average Bonchev–Trinajstić information content (AvgIpc) is 0.672. The monoisotopic (exact) mass is 1230 g/mol. The SMILES string of the molecule is CC(=N)C(C(=N)c1cc(C(C)C)c(O)cc1O)c1ccc(CN2CCN(C(=O)OC(C(=O)OC3CC4(O)C(OC(=O)c5ccccc5)C5C6(OC(C)=O)COC6CC(O)C5(C)C(=O)C(=O)C(C3C)C4(C)C)C(NC(=O)OC(C)C)c3ccccc3)CC2)cc1. The van der Waals surface area contributed by atoms with Crippen molar-refractivity contribution in [3.8, 4) is 11.5 Å². The number of alkyl carbamates (subject to hydrolysis) is 1. The summed E-state index contributed by atoms with van der Waals surface area (Å²) in [5.74, 6) is -10.6. The lowest BCUT2D eigenvalue weighted by molar-refractivity contribution is -0.350. The molecule has 5 aliphatic rings. The number of aromatic hydroxyl groups is 2. The third-order valence-corrected chi connectivity index (χ3v) is 19.2. The van der Waals surface area contributed by atoms with Crippen LogP contribution in [0.2, 0.25) is 0 Å². The number of ether oxygens (including phenoxy) is 6. The molecule has 13 unspecified atom stereocenters. The standard InChI is InChI=1S/C67H81N5O17/c1-35(2)44-29-45(47(75)30-46(44)74)53(69)51(38(6)68)41-23-21-40(22-24-41)33-71-25-27-72(28-26-71)63(82)87-56(54(42-17-13-11-14-18-42)70-62(81)85-36(3)4)61(80)86-48-32-67(83)59(88-60(79)43-19-15-12-16-20-43)57-65(10,58(78)55(77)52(37(48)5)64(67,8)9)49(76)31-50-66(57,34-84-50)89-39(7)73/h11-24,29-30,35-37,48-52,54,56-57,59,68-69,74-76,83H,25-28,31-34H2,1-10H3,(H,70,81). The van der Waals surface area contributed by atoms with Gasteiger partial charge in [0.15, 0.2) is 5.60 Å². The van der Waals surface area contributed by atoms with Gasteiger partial charge in [0.1, 0.15) is 41.5 Å². The van der Waals surface area contributed by atoms with Gasteiger partial charge in [-0.05, 0) is 74.1 Å². The molecule has 22 heteroatoms. The van der Waals surface area contributed by atoms with Crippen LogP contribution in [-0.4, -0.2) is 164 Å². The zero-order valence-electron chi connectivity index (χ0n) is 51.8. The van der Waals surface area contributed by atoms with Gasteiger partial charge in [-0.2, -0.15) is 0 Å². The maximum atomic E-state index is 15.5. The molecule has 5 fully saturated rings. The minimum atomic E-state index is -2.47. The fourth-order valence-electron chi connectivity index (χ4n) is 14.3. The highest BCUT2D eigenvalue weighted by atomic mass is 16.6. The number of piperazine rings is 1. The van der Waals surface area contributed by atoms with Crippen molar-refractivity contribution in [1.29, 1.82) is 10.8 Å². The first-order valence-electron chi connectivity index (χ1n) is 30.2. The minimum Gasteiger partial charge on any atom is -0.508 e. The summed E-state index contributed by atoms with van der Waals surface area (Å²) >= 11 is 0. The summed E-state index contributed by atoms with van der Waals surface area (Å²) in [6.07, 6.45) is -11.5. The van der Waals surface area contributed by atoms with Crippen molar-refractivity contribution < 1.29 is 82.4 Å². The second-order valence-corrected chi connectivity index (χ2v) is 25.8. The van der Waals surface area contributed by atoms with E-state index in [1.165, 1.54) is 43.9 Å². The molecule has 2 amide bonds. The van der Waals surface area contributed by atoms with Crippen molar-refractivity contribution in [2.45, 2.75) is 154 Å². The van der Waals surface area contributed by atoms with Crippen LogP contribution in [-0.2, 0) is 54.1 Å². The molecule has 2 bridgehead atoms. The Hall–Kier alpha value is -8.05. The van der Waals surface area contributed by atoms with Crippen LogP contribution in [0, 0.1) is 39.4 Å². The molecule has 476 valence electrons. The van der Waals surface area contributed by atoms with Crippen LogP contribution in [0.5, 0.6) is 11.5 Å². The number of Topliss-reactive ketones (excluding diaryl/α,β-unsaturated/α-hetero) is 2. The number of phenolic OH excluding ortho intramolecular Hbond substituents is 2. The first-order valence-corrected chi connectivity index (χ1v) is 30.2. The zero-order chi connectivity index (χ0) is 64.8. The molecule has 7 N–H and O–H groups in total. The minimum absolute atomic E-state index is 0.00295. The third kappa shape index (κ3) is 12.3. The van der Waals surface area contributed by atoms with Gasteiger partial charge in [-0.1, -0.05) is 107 Å². The number of nitrogens with zero attached hydrogens (tertiary/aromatic N) is 2. The number of esters is 3. The number of benzene rings is 4. The maximum absolute atomic E-state index is 15.5. The normalized spacial score (nSPS) is 28.2.